The Labute approximate surface area is 107 Å². The van der Waals surface area contributed by atoms with Crippen LogP contribution in [0, 0.1) is 11.3 Å². The quantitative estimate of drug-likeness (QED) is 0.754. The molecule has 0 bridgehead atoms. The zero-order chi connectivity index (χ0) is 11.7. The second-order valence-corrected chi connectivity index (χ2v) is 7.15. The average molecular weight is 235 g/mol. The van der Waals surface area contributed by atoms with E-state index in [4.69, 9.17) is 0 Å². The van der Waals surface area contributed by atoms with Gasteiger partial charge in [0.25, 0.3) is 0 Å². The lowest BCUT2D eigenvalue weighted by Gasteiger charge is -2.54. The minimum absolute atomic E-state index is 0.749. The van der Waals surface area contributed by atoms with Crippen LogP contribution in [0.5, 0.6) is 0 Å². The van der Waals surface area contributed by atoms with Crippen molar-refractivity contribution in [1.82, 2.24) is 5.32 Å². The fourth-order valence-corrected chi connectivity index (χ4v) is 4.68. The normalized spacial score (nSPS) is 41.1. The SMILES string of the molecule is CC1CCCC(NC2CCC23CCCCC3)C1. The van der Waals surface area contributed by atoms with Crippen molar-refractivity contribution in [2.24, 2.45) is 11.3 Å². The Bertz CT molecular complexity index is 254. The van der Waals surface area contributed by atoms with Crippen molar-refractivity contribution in [1.29, 1.82) is 0 Å². The van der Waals surface area contributed by atoms with Crippen molar-refractivity contribution in [3.05, 3.63) is 0 Å². The van der Waals surface area contributed by atoms with E-state index in [1.54, 1.807) is 0 Å². The van der Waals surface area contributed by atoms with Crippen LogP contribution in [0.4, 0.5) is 0 Å². The van der Waals surface area contributed by atoms with E-state index in [-0.39, 0.29) is 0 Å². The molecule has 1 heteroatoms. The predicted octanol–water partition coefficient (Wildman–Crippen LogP) is 4.27. The molecule has 1 spiro atoms. The first kappa shape index (κ1) is 12.0. The van der Waals surface area contributed by atoms with Gasteiger partial charge in [-0.1, -0.05) is 39.0 Å². The summed E-state index contributed by atoms with van der Waals surface area (Å²) in [5.74, 6) is 0.962. The van der Waals surface area contributed by atoms with Crippen LogP contribution in [0.2, 0.25) is 0 Å². The molecule has 3 fully saturated rings. The lowest BCUT2D eigenvalue weighted by Crippen LogP contribution is -2.57. The molecule has 0 amide bonds. The number of rotatable bonds is 2. The van der Waals surface area contributed by atoms with Crippen LogP contribution in [0.15, 0.2) is 0 Å². The van der Waals surface area contributed by atoms with Crippen LogP contribution in [0.3, 0.4) is 0 Å². The molecule has 3 aliphatic rings. The van der Waals surface area contributed by atoms with E-state index in [0.717, 1.165) is 23.4 Å². The van der Waals surface area contributed by atoms with E-state index in [9.17, 15) is 0 Å². The molecule has 3 atom stereocenters. The van der Waals surface area contributed by atoms with Gasteiger partial charge < -0.3 is 5.32 Å². The van der Waals surface area contributed by atoms with Crippen LogP contribution >= 0.6 is 0 Å². The minimum atomic E-state index is 0.749. The summed E-state index contributed by atoms with van der Waals surface area (Å²) in [4.78, 5) is 0. The zero-order valence-corrected chi connectivity index (χ0v) is 11.5. The first-order valence-corrected chi connectivity index (χ1v) is 8.05. The van der Waals surface area contributed by atoms with Gasteiger partial charge in [0.15, 0.2) is 0 Å². The van der Waals surface area contributed by atoms with Crippen molar-refractivity contribution in [2.45, 2.75) is 89.6 Å². The monoisotopic (exact) mass is 235 g/mol. The van der Waals surface area contributed by atoms with Crippen molar-refractivity contribution in [3.8, 4) is 0 Å². The Hall–Kier alpha value is -0.0400. The maximum atomic E-state index is 4.05. The van der Waals surface area contributed by atoms with Gasteiger partial charge in [-0.15, -0.1) is 0 Å². The van der Waals surface area contributed by atoms with Gasteiger partial charge in [-0.2, -0.15) is 0 Å². The summed E-state index contributed by atoms with van der Waals surface area (Å²) in [5.41, 5.74) is 0.749. The molecule has 3 aliphatic carbocycles. The molecule has 3 saturated carbocycles. The Kier molecular flexibility index (Phi) is 3.47. The summed E-state index contributed by atoms with van der Waals surface area (Å²) in [7, 11) is 0. The van der Waals surface area contributed by atoms with Crippen LogP contribution in [-0.2, 0) is 0 Å². The first-order chi connectivity index (χ1) is 8.28. The van der Waals surface area contributed by atoms with Gasteiger partial charge in [-0.25, -0.2) is 0 Å². The molecule has 0 aromatic carbocycles. The molecule has 0 aromatic rings. The molecule has 3 unspecified atom stereocenters. The van der Waals surface area contributed by atoms with Crippen molar-refractivity contribution in [2.75, 3.05) is 0 Å². The molecule has 0 saturated heterocycles. The molecule has 17 heavy (non-hydrogen) atoms. The van der Waals surface area contributed by atoms with Gasteiger partial charge in [0.2, 0.25) is 0 Å². The molecule has 98 valence electrons. The number of hydrogen-bond donors (Lipinski definition) is 1. The van der Waals surface area contributed by atoms with E-state index >= 15 is 0 Å². The van der Waals surface area contributed by atoms with Gasteiger partial charge in [0.05, 0.1) is 0 Å². The van der Waals surface area contributed by atoms with Gasteiger partial charge in [0.1, 0.15) is 0 Å². The number of hydrogen-bond acceptors (Lipinski definition) is 1. The lowest BCUT2D eigenvalue weighted by molar-refractivity contribution is 0.0120. The first-order valence-electron chi connectivity index (χ1n) is 8.05. The van der Waals surface area contributed by atoms with Crippen LogP contribution in [0.25, 0.3) is 0 Å². The van der Waals surface area contributed by atoms with Crippen LogP contribution in [0.1, 0.15) is 77.6 Å². The smallest absolute Gasteiger partial charge is 0.0126 e. The van der Waals surface area contributed by atoms with Crippen molar-refractivity contribution in [3.63, 3.8) is 0 Å². The molecule has 0 aliphatic heterocycles. The summed E-state index contributed by atoms with van der Waals surface area (Å²) >= 11 is 0. The summed E-state index contributed by atoms with van der Waals surface area (Å²) in [5, 5.41) is 4.05. The highest BCUT2D eigenvalue weighted by Crippen LogP contribution is 2.52. The standard InChI is InChI=1S/C16H29N/c1-13-6-5-7-14(12-13)17-15-8-11-16(15)9-3-2-4-10-16/h13-15,17H,2-12H2,1H3. The highest BCUT2D eigenvalue weighted by Gasteiger charge is 2.47. The van der Waals surface area contributed by atoms with Gasteiger partial charge in [-0.05, 0) is 49.9 Å². The van der Waals surface area contributed by atoms with E-state index in [2.05, 4.69) is 12.2 Å². The summed E-state index contributed by atoms with van der Waals surface area (Å²) in [6, 6.07) is 1.74. The third kappa shape index (κ3) is 2.41. The van der Waals surface area contributed by atoms with Crippen molar-refractivity contribution >= 4 is 0 Å². The Morgan fingerprint density at radius 3 is 2.35 bits per heavy atom. The van der Waals surface area contributed by atoms with E-state index < -0.39 is 0 Å². The highest BCUT2D eigenvalue weighted by atomic mass is 15.0. The van der Waals surface area contributed by atoms with E-state index in [1.165, 1.54) is 70.6 Å². The average Bonchev–Trinajstić information content (AvgIpc) is 2.36. The Balaban J connectivity index is 1.54. The predicted molar refractivity (Wildman–Crippen MR) is 73.1 cm³/mol. The molecular weight excluding hydrogens is 206 g/mol. The maximum Gasteiger partial charge on any atom is 0.0126 e. The Morgan fingerprint density at radius 1 is 0.882 bits per heavy atom. The minimum Gasteiger partial charge on any atom is -0.311 e. The molecule has 0 heterocycles. The number of nitrogens with one attached hydrogen (secondary N) is 1. The van der Waals surface area contributed by atoms with E-state index in [0.29, 0.717) is 0 Å². The van der Waals surface area contributed by atoms with Gasteiger partial charge >= 0.3 is 0 Å². The van der Waals surface area contributed by atoms with Crippen LogP contribution in [-0.4, -0.2) is 12.1 Å². The third-order valence-electron chi connectivity index (χ3n) is 5.89. The second-order valence-electron chi connectivity index (χ2n) is 7.15. The Morgan fingerprint density at radius 2 is 1.71 bits per heavy atom. The van der Waals surface area contributed by atoms with Crippen molar-refractivity contribution < 1.29 is 0 Å². The van der Waals surface area contributed by atoms with Gasteiger partial charge in [-0.3, -0.25) is 0 Å². The lowest BCUT2D eigenvalue weighted by atomic mass is 9.57. The zero-order valence-electron chi connectivity index (χ0n) is 11.5. The molecule has 3 rings (SSSR count). The molecule has 1 N–H and O–H groups in total. The molecule has 0 aromatic heterocycles. The summed E-state index contributed by atoms with van der Waals surface area (Å²) in [6.07, 6.45) is 16.3. The fraction of sp³-hybridized carbons (Fsp3) is 1.00. The largest absolute Gasteiger partial charge is 0.311 e. The second kappa shape index (κ2) is 4.91. The van der Waals surface area contributed by atoms with Gasteiger partial charge in [0, 0.05) is 12.1 Å². The fourth-order valence-electron chi connectivity index (χ4n) is 4.68. The third-order valence-corrected chi connectivity index (χ3v) is 5.89. The molecule has 0 radical (unpaired) electrons. The maximum absolute atomic E-state index is 4.05. The summed E-state index contributed by atoms with van der Waals surface area (Å²) < 4.78 is 0. The molecular formula is C16H29N. The van der Waals surface area contributed by atoms with Crippen LogP contribution < -0.4 is 5.32 Å². The topological polar surface area (TPSA) is 12.0 Å². The highest BCUT2D eigenvalue weighted by molar-refractivity contribution is 5.02. The summed E-state index contributed by atoms with van der Waals surface area (Å²) in [6.45, 7) is 2.44. The molecule has 1 nitrogen and oxygen atoms in total. The van der Waals surface area contributed by atoms with E-state index in [1.807, 2.05) is 0 Å².